The highest BCUT2D eigenvalue weighted by Gasteiger charge is 2.19. The van der Waals surface area contributed by atoms with E-state index in [9.17, 15) is 9.59 Å². The Bertz CT molecular complexity index is 571. The van der Waals surface area contributed by atoms with Crippen LogP contribution in [0.1, 0.15) is 17.5 Å². The van der Waals surface area contributed by atoms with E-state index in [0.717, 1.165) is 11.1 Å². The van der Waals surface area contributed by atoms with E-state index in [-0.39, 0.29) is 24.9 Å². The Hall–Kier alpha value is -2.20. The van der Waals surface area contributed by atoms with Gasteiger partial charge >= 0.3 is 6.03 Å². The first-order valence-corrected chi connectivity index (χ1v) is 8.69. The maximum Gasteiger partial charge on any atom is 0.315 e. The quantitative estimate of drug-likeness (QED) is 0.629. The molecule has 23 heavy (non-hydrogen) atoms. The first-order chi connectivity index (χ1) is 11.1. The zero-order valence-corrected chi connectivity index (χ0v) is 14.2. The molecule has 0 fully saturated rings. The van der Waals surface area contributed by atoms with Crippen molar-refractivity contribution >= 4 is 23.7 Å². The molecule has 0 aromatic heterocycles. The third kappa shape index (κ3) is 7.56. The largest absolute Gasteiger partial charge is 0.353 e. The number of hydrogen-bond donors (Lipinski definition) is 3. The molecule has 1 rings (SSSR count). The molecule has 7 heteroatoms. The van der Waals surface area contributed by atoms with E-state index in [4.69, 9.17) is 5.26 Å². The summed E-state index contributed by atoms with van der Waals surface area (Å²) in [6, 6.07) is 8.80. The molecule has 6 nitrogen and oxygen atoms in total. The number of urea groups is 1. The molecular weight excluding hydrogens is 312 g/mol. The van der Waals surface area contributed by atoms with Crippen LogP contribution in [0, 0.1) is 18.3 Å². The molecule has 0 saturated heterocycles. The third-order valence-electron chi connectivity index (χ3n) is 3.03. The molecule has 0 heterocycles. The van der Waals surface area contributed by atoms with Crippen LogP contribution in [-0.2, 0) is 11.3 Å². The molecule has 0 saturated carbocycles. The van der Waals surface area contributed by atoms with E-state index in [1.54, 1.807) is 0 Å². The highest BCUT2D eigenvalue weighted by molar-refractivity contribution is 7.98. The summed E-state index contributed by atoms with van der Waals surface area (Å²) in [6.45, 7) is 2.67. The van der Waals surface area contributed by atoms with E-state index >= 15 is 0 Å². The van der Waals surface area contributed by atoms with Crippen LogP contribution >= 0.6 is 11.8 Å². The normalized spacial score (nSPS) is 11.2. The Balaban J connectivity index is 2.47. The highest BCUT2D eigenvalue weighted by atomic mass is 32.2. The minimum Gasteiger partial charge on any atom is -0.353 e. The maximum absolute atomic E-state index is 12.0. The molecule has 124 valence electrons. The van der Waals surface area contributed by atoms with Crippen molar-refractivity contribution in [3.63, 3.8) is 0 Å². The Morgan fingerprint density at radius 1 is 1.35 bits per heavy atom. The van der Waals surface area contributed by atoms with E-state index in [1.807, 2.05) is 43.5 Å². The Labute approximate surface area is 141 Å². The second-order valence-electron chi connectivity index (χ2n) is 5.02. The zero-order valence-electron chi connectivity index (χ0n) is 13.4. The standard InChI is InChI=1S/C16H22N4O2S/c1-12-5-3-6-13(9-12)10-19-16(22)20-14(11-23-2)15(21)18-8-4-7-17/h3,5-6,9,14H,4,8,10-11H2,1-2H3,(H,18,21)(H2,19,20,22). The highest BCUT2D eigenvalue weighted by Crippen LogP contribution is 2.03. The van der Waals surface area contributed by atoms with E-state index in [0.29, 0.717) is 12.3 Å². The van der Waals surface area contributed by atoms with Gasteiger partial charge in [-0.05, 0) is 18.7 Å². The first-order valence-electron chi connectivity index (χ1n) is 7.30. The van der Waals surface area contributed by atoms with Crippen molar-refractivity contribution in [1.82, 2.24) is 16.0 Å². The molecule has 3 amide bonds. The summed E-state index contributed by atoms with van der Waals surface area (Å²) in [5.74, 6) is 0.191. The van der Waals surface area contributed by atoms with Gasteiger partial charge in [-0.1, -0.05) is 29.8 Å². The van der Waals surface area contributed by atoms with Crippen LogP contribution in [-0.4, -0.2) is 36.5 Å². The molecule has 1 aromatic carbocycles. The lowest BCUT2D eigenvalue weighted by Gasteiger charge is -2.17. The fraction of sp³-hybridized carbons (Fsp3) is 0.438. The lowest BCUT2D eigenvalue weighted by molar-refractivity contribution is -0.122. The van der Waals surface area contributed by atoms with Crippen molar-refractivity contribution < 1.29 is 9.59 Å². The van der Waals surface area contributed by atoms with Crippen LogP contribution in [0.4, 0.5) is 4.79 Å². The van der Waals surface area contributed by atoms with Crippen molar-refractivity contribution in [2.45, 2.75) is 25.9 Å². The van der Waals surface area contributed by atoms with Gasteiger partial charge in [0.25, 0.3) is 0 Å². The molecule has 0 radical (unpaired) electrons. The molecule has 0 bridgehead atoms. The minimum atomic E-state index is -0.624. The summed E-state index contributed by atoms with van der Waals surface area (Å²) in [5, 5.41) is 16.5. The molecule has 0 spiro atoms. The molecule has 3 N–H and O–H groups in total. The van der Waals surface area contributed by atoms with Crippen LogP contribution in [0.25, 0.3) is 0 Å². The van der Waals surface area contributed by atoms with Gasteiger partial charge in [0.2, 0.25) is 5.91 Å². The van der Waals surface area contributed by atoms with Crippen molar-refractivity contribution in [1.29, 1.82) is 5.26 Å². The number of nitrogens with zero attached hydrogens (tertiary/aromatic N) is 1. The van der Waals surface area contributed by atoms with Crippen LogP contribution in [0.5, 0.6) is 0 Å². The fourth-order valence-corrected chi connectivity index (χ4v) is 2.50. The lowest BCUT2D eigenvalue weighted by atomic mass is 10.1. The average Bonchev–Trinajstić information content (AvgIpc) is 2.53. The van der Waals surface area contributed by atoms with Gasteiger partial charge in [-0.25, -0.2) is 4.79 Å². The first kappa shape index (κ1) is 18.8. The average molecular weight is 334 g/mol. The van der Waals surface area contributed by atoms with Gasteiger partial charge in [0.1, 0.15) is 6.04 Å². The third-order valence-corrected chi connectivity index (χ3v) is 3.69. The van der Waals surface area contributed by atoms with Crippen molar-refractivity contribution in [2.24, 2.45) is 0 Å². The fourth-order valence-electron chi connectivity index (χ4n) is 1.93. The number of thioether (sulfide) groups is 1. The van der Waals surface area contributed by atoms with Gasteiger partial charge in [0, 0.05) is 18.8 Å². The number of hydrogen-bond acceptors (Lipinski definition) is 4. The molecule has 1 atom stereocenters. The summed E-state index contributed by atoms with van der Waals surface area (Å²) < 4.78 is 0. The summed E-state index contributed by atoms with van der Waals surface area (Å²) in [4.78, 5) is 23.9. The molecule has 1 unspecified atom stereocenters. The van der Waals surface area contributed by atoms with Gasteiger partial charge in [-0.2, -0.15) is 17.0 Å². The van der Waals surface area contributed by atoms with E-state index < -0.39 is 6.04 Å². The summed E-state index contributed by atoms with van der Waals surface area (Å²) >= 11 is 1.47. The van der Waals surface area contributed by atoms with Crippen LogP contribution in [0.2, 0.25) is 0 Å². The Kier molecular flexibility index (Phi) is 8.62. The predicted octanol–water partition coefficient (Wildman–Crippen LogP) is 1.56. The molecule has 0 aliphatic rings. The lowest BCUT2D eigenvalue weighted by Crippen LogP contribution is -2.51. The number of nitrogens with one attached hydrogen (secondary N) is 3. The Morgan fingerprint density at radius 2 is 2.13 bits per heavy atom. The van der Waals surface area contributed by atoms with Gasteiger partial charge in [0.15, 0.2) is 0 Å². The topological polar surface area (TPSA) is 94.0 Å². The van der Waals surface area contributed by atoms with Gasteiger partial charge in [-0.15, -0.1) is 0 Å². The van der Waals surface area contributed by atoms with Crippen molar-refractivity contribution in [3.8, 4) is 6.07 Å². The van der Waals surface area contributed by atoms with Crippen molar-refractivity contribution in [3.05, 3.63) is 35.4 Å². The number of carbonyl (C=O) groups is 2. The molecule has 0 aliphatic heterocycles. The number of aryl methyl sites for hydroxylation is 1. The van der Waals surface area contributed by atoms with E-state index in [2.05, 4.69) is 16.0 Å². The van der Waals surface area contributed by atoms with Crippen LogP contribution in [0.15, 0.2) is 24.3 Å². The van der Waals surface area contributed by atoms with E-state index in [1.165, 1.54) is 11.8 Å². The zero-order chi connectivity index (χ0) is 17.1. The van der Waals surface area contributed by atoms with Crippen LogP contribution in [0.3, 0.4) is 0 Å². The monoisotopic (exact) mass is 334 g/mol. The summed E-state index contributed by atoms with van der Waals surface area (Å²) in [7, 11) is 0. The summed E-state index contributed by atoms with van der Waals surface area (Å²) in [5.41, 5.74) is 2.13. The van der Waals surface area contributed by atoms with Gasteiger partial charge < -0.3 is 16.0 Å². The summed E-state index contributed by atoms with van der Waals surface area (Å²) in [6.07, 6.45) is 2.11. The van der Waals surface area contributed by atoms with Crippen LogP contribution < -0.4 is 16.0 Å². The molecule has 1 aromatic rings. The molecular formula is C16H22N4O2S. The van der Waals surface area contributed by atoms with Crippen molar-refractivity contribution in [2.75, 3.05) is 18.6 Å². The molecule has 0 aliphatic carbocycles. The number of benzene rings is 1. The number of amides is 3. The number of nitriles is 1. The SMILES string of the molecule is CSCC(NC(=O)NCc1cccc(C)c1)C(=O)NCCC#N. The van der Waals surface area contributed by atoms with Gasteiger partial charge in [0.05, 0.1) is 12.5 Å². The van der Waals surface area contributed by atoms with Gasteiger partial charge in [-0.3, -0.25) is 4.79 Å². The predicted molar refractivity (Wildman–Crippen MR) is 92.0 cm³/mol. The Morgan fingerprint density at radius 3 is 2.78 bits per heavy atom. The maximum atomic E-state index is 12.0. The second-order valence-corrected chi connectivity index (χ2v) is 5.93. The second kappa shape index (κ2) is 10.5. The number of rotatable bonds is 8. The number of carbonyl (C=O) groups excluding carboxylic acids is 2. The smallest absolute Gasteiger partial charge is 0.315 e. The minimum absolute atomic E-state index is 0.247.